The lowest BCUT2D eigenvalue weighted by Gasteiger charge is -2.21. The Labute approximate surface area is 147 Å². The molecule has 0 aliphatic rings. The van der Waals surface area contributed by atoms with Gasteiger partial charge in [-0.25, -0.2) is 0 Å². The molecule has 114 valence electrons. The molecule has 0 aliphatic heterocycles. The predicted octanol–water partition coefficient (Wildman–Crippen LogP) is 5.77. The molecule has 0 amide bonds. The van der Waals surface area contributed by atoms with Crippen molar-refractivity contribution in [2.45, 2.75) is 26.4 Å². The number of nitrogens with one attached hydrogen (secondary N) is 1. The molecular formula is C16H19Br2NOS. The fourth-order valence-electron chi connectivity index (χ4n) is 2.27. The molecule has 21 heavy (non-hydrogen) atoms. The van der Waals surface area contributed by atoms with Crippen LogP contribution in [-0.2, 0) is 6.54 Å². The van der Waals surface area contributed by atoms with Crippen molar-refractivity contribution in [3.05, 3.63) is 49.0 Å². The third-order valence-electron chi connectivity index (χ3n) is 3.30. The molecule has 1 unspecified atom stereocenters. The highest BCUT2D eigenvalue weighted by atomic mass is 79.9. The Morgan fingerprint density at radius 2 is 1.90 bits per heavy atom. The van der Waals surface area contributed by atoms with Crippen LogP contribution in [0.4, 0.5) is 0 Å². The highest BCUT2D eigenvalue weighted by molar-refractivity contribution is 9.11. The van der Waals surface area contributed by atoms with Crippen molar-refractivity contribution < 1.29 is 4.74 Å². The second-order valence-electron chi connectivity index (χ2n) is 5.21. The van der Waals surface area contributed by atoms with Crippen LogP contribution in [0.25, 0.3) is 0 Å². The Kier molecular flexibility index (Phi) is 6.29. The minimum Gasteiger partial charge on any atom is -0.494 e. The average molecular weight is 433 g/mol. The molecule has 2 aromatic rings. The van der Waals surface area contributed by atoms with Crippen LogP contribution in [0.1, 0.15) is 30.3 Å². The maximum atomic E-state index is 5.34. The van der Waals surface area contributed by atoms with E-state index in [-0.39, 0.29) is 0 Å². The fourth-order valence-corrected chi connectivity index (χ4v) is 4.85. The van der Waals surface area contributed by atoms with E-state index >= 15 is 0 Å². The van der Waals surface area contributed by atoms with Crippen LogP contribution >= 0.6 is 43.2 Å². The van der Waals surface area contributed by atoms with Crippen LogP contribution in [0.15, 0.2) is 38.6 Å². The molecule has 0 radical (unpaired) electrons. The van der Waals surface area contributed by atoms with Crippen molar-refractivity contribution in [2.75, 3.05) is 7.11 Å². The summed E-state index contributed by atoms with van der Waals surface area (Å²) in [5.74, 6) is 1.38. The van der Waals surface area contributed by atoms with Crippen molar-refractivity contribution in [3.63, 3.8) is 0 Å². The smallest absolute Gasteiger partial charge is 0.147 e. The number of methoxy groups -OCH3 is 1. The molecule has 5 heteroatoms. The Bertz CT molecular complexity index is 561. The molecule has 1 aromatic heterocycles. The van der Waals surface area contributed by atoms with Crippen molar-refractivity contribution in [2.24, 2.45) is 5.92 Å². The largest absolute Gasteiger partial charge is 0.494 e. The molecule has 0 bridgehead atoms. The maximum Gasteiger partial charge on any atom is 0.147 e. The number of thiophene rings is 1. The molecule has 0 saturated heterocycles. The van der Waals surface area contributed by atoms with Gasteiger partial charge < -0.3 is 10.1 Å². The van der Waals surface area contributed by atoms with Crippen molar-refractivity contribution >= 4 is 43.2 Å². The summed E-state index contributed by atoms with van der Waals surface area (Å²) in [5.41, 5.74) is 1.22. The van der Waals surface area contributed by atoms with Gasteiger partial charge in [0, 0.05) is 17.5 Å². The lowest BCUT2D eigenvalue weighted by Crippen LogP contribution is -2.24. The van der Waals surface area contributed by atoms with Crippen LogP contribution in [0.5, 0.6) is 5.75 Å². The topological polar surface area (TPSA) is 21.3 Å². The minimum atomic E-state index is 0.379. The zero-order valence-electron chi connectivity index (χ0n) is 12.3. The molecule has 2 rings (SSSR count). The first-order chi connectivity index (χ1) is 10.0. The van der Waals surface area contributed by atoms with E-state index in [4.69, 9.17) is 4.74 Å². The summed E-state index contributed by atoms with van der Waals surface area (Å²) in [6.45, 7) is 5.32. The Balaban J connectivity index is 2.11. The molecule has 0 fully saturated rings. The highest BCUT2D eigenvalue weighted by Gasteiger charge is 2.16. The second-order valence-corrected chi connectivity index (χ2v) is 7.90. The summed E-state index contributed by atoms with van der Waals surface area (Å²) >= 11 is 8.91. The van der Waals surface area contributed by atoms with Gasteiger partial charge >= 0.3 is 0 Å². The van der Waals surface area contributed by atoms with E-state index in [9.17, 15) is 0 Å². The van der Waals surface area contributed by atoms with E-state index in [1.807, 2.05) is 0 Å². The van der Waals surface area contributed by atoms with Crippen molar-refractivity contribution in [3.8, 4) is 5.75 Å². The third-order valence-corrected chi connectivity index (χ3v) is 5.44. The quantitative estimate of drug-likeness (QED) is 0.625. The first-order valence-corrected chi connectivity index (χ1v) is 9.28. The van der Waals surface area contributed by atoms with Gasteiger partial charge in [-0.2, -0.15) is 0 Å². The van der Waals surface area contributed by atoms with E-state index in [1.54, 1.807) is 18.4 Å². The van der Waals surface area contributed by atoms with Crippen LogP contribution < -0.4 is 10.1 Å². The molecule has 0 saturated carbocycles. The first-order valence-electron chi connectivity index (χ1n) is 6.81. The Morgan fingerprint density at radius 3 is 2.38 bits per heavy atom. The van der Waals surface area contributed by atoms with E-state index in [0.717, 1.165) is 21.2 Å². The van der Waals surface area contributed by atoms with Gasteiger partial charge in [0.1, 0.15) is 5.75 Å². The van der Waals surface area contributed by atoms with Gasteiger partial charge in [0.2, 0.25) is 0 Å². The Hall–Kier alpha value is -0.360. The van der Waals surface area contributed by atoms with Crippen LogP contribution in [-0.4, -0.2) is 7.11 Å². The number of halogens is 2. The summed E-state index contributed by atoms with van der Waals surface area (Å²) in [6, 6.07) is 8.88. The number of ether oxygens (including phenoxy) is 1. The summed E-state index contributed by atoms with van der Waals surface area (Å²) in [4.78, 5) is 1.39. The van der Waals surface area contributed by atoms with Gasteiger partial charge in [-0.15, -0.1) is 11.3 Å². The normalized spacial score (nSPS) is 12.7. The number of rotatable bonds is 6. The van der Waals surface area contributed by atoms with Crippen LogP contribution in [0, 0.1) is 5.92 Å². The molecule has 1 aromatic carbocycles. The average Bonchev–Trinajstić information content (AvgIpc) is 2.92. The monoisotopic (exact) mass is 431 g/mol. The van der Waals surface area contributed by atoms with Gasteiger partial charge in [-0.1, -0.05) is 19.9 Å². The van der Waals surface area contributed by atoms with Crippen molar-refractivity contribution in [1.82, 2.24) is 5.32 Å². The van der Waals surface area contributed by atoms with Gasteiger partial charge in [0.25, 0.3) is 0 Å². The lowest BCUT2D eigenvalue weighted by atomic mass is 10.0. The number of benzene rings is 1. The summed E-state index contributed by atoms with van der Waals surface area (Å²) < 4.78 is 7.27. The van der Waals surface area contributed by atoms with Gasteiger partial charge in [-0.05, 0) is 66.9 Å². The molecule has 1 heterocycles. The second kappa shape index (κ2) is 7.77. The first kappa shape index (κ1) is 17.0. The highest BCUT2D eigenvalue weighted by Crippen LogP contribution is 2.34. The minimum absolute atomic E-state index is 0.379. The molecule has 0 aliphatic carbocycles. The van der Waals surface area contributed by atoms with Crippen molar-refractivity contribution in [1.29, 1.82) is 0 Å². The molecule has 2 nitrogen and oxygen atoms in total. The molecule has 1 N–H and O–H groups in total. The molecular weight excluding hydrogens is 414 g/mol. The molecule has 0 spiro atoms. The number of hydrogen-bond donors (Lipinski definition) is 1. The standard InChI is InChI=1S/C16H19Br2NOS/c1-10(2)15(14-5-4-6-21-14)19-9-11-7-12(17)16(20-3)13(18)8-11/h4-8,10,15,19H,9H2,1-3H3. The number of hydrogen-bond acceptors (Lipinski definition) is 3. The summed E-state index contributed by atoms with van der Waals surface area (Å²) in [5, 5.41) is 5.79. The third kappa shape index (κ3) is 4.31. The van der Waals surface area contributed by atoms with Gasteiger partial charge in [0.15, 0.2) is 0 Å². The Morgan fingerprint density at radius 1 is 1.24 bits per heavy atom. The van der Waals surface area contributed by atoms with E-state index < -0.39 is 0 Å². The zero-order chi connectivity index (χ0) is 15.4. The van der Waals surface area contributed by atoms with E-state index in [2.05, 4.69) is 80.7 Å². The van der Waals surface area contributed by atoms with Gasteiger partial charge in [-0.3, -0.25) is 0 Å². The SMILES string of the molecule is COc1c(Br)cc(CNC(c2cccs2)C(C)C)cc1Br. The zero-order valence-corrected chi connectivity index (χ0v) is 16.3. The van der Waals surface area contributed by atoms with Gasteiger partial charge in [0.05, 0.1) is 16.1 Å². The van der Waals surface area contributed by atoms with E-state index in [1.165, 1.54) is 10.4 Å². The fraction of sp³-hybridized carbons (Fsp3) is 0.375. The summed E-state index contributed by atoms with van der Waals surface area (Å²) in [6.07, 6.45) is 0. The van der Waals surface area contributed by atoms with E-state index in [0.29, 0.717) is 12.0 Å². The maximum absolute atomic E-state index is 5.34. The van der Waals surface area contributed by atoms with Crippen LogP contribution in [0.2, 0.25) is 0 Å². The summed E-state index contributed by atoms with van der Waals surface area (Å²) in [7, 11) is 1.67. The van der Waals surface area contributed by atoms with Crippen LogP contribution in [0.3, 0.4) is 0 Å². The predicted molar refractivity (Wildman–Crippen MR) is 97.1 cm³/mol. The molecule has 1 atom stereocenters. The lowest BCUT2D eigenvalue weighted by molar-refractivity contribution is 0.407.